The van der Waals surface area contributed by atoms with Crippen molar-refractivity contribution in [3.63, 3.8) is 0 Å². The van der Waals surface area contributed by atoms with Gasteiger partial charge in [-0.3, -0.25) is 15.0 Å². The van der Waals surface area contributed by atoms with Crippen molar-refractivity contribution < 1.29 is 13.9 Å². The molecule has 1 aliphatic heterocycles. The predicted molar refractivity (Wildman–Crippen MR) is 86.8 cm³/mol. The minimum Gasteiger partial charge on any atom is -0.496 e. The normalized spacial score (nSPS) is 19.9. The van der Waals surface area contributed by atoms with Crippen LogP contribution in [0.25, 0.3) is 0 Å². The van der Waals surface area contributed by atoms with E-state index in [1.807, 2.05) is 44.2 Å². The summed E-state index contributed by atoms with van der Waals surface area (Å²) in [4.78, 5) is 14.5. The molecule has 1 aliphatic rings. The molecule has 0 aliphatic carbocycles. The second kappa shape index (κ2) is 5.66. The van der Waals surface area contributed by atoms with Crippen molar-refractivity contribution in [1.29, 1.82) is 0 Å². The number of hydrogen-bond donors (Lipinski definition) is 1. The highest BCUT2D eigenvalue weighted by Gasteiger charge is 2.46. The van der Waals surface area contributed by atoms with Crippen LogP contribution in [-0.4, -0.2) is 18.6 Å². The zero-order valence-corrected chi connectivity index (χ0v) is 13.3. The van der Waals surface area contributed by atoms with Gasteiger partial charge in [0.05, 0.1) is 12.6 Å². The smallest absolute Gasteiger partial charge is 0.248 e. The number of para-hydroxylation sites is 1. The second-order valence-electron chi connectivity index (χ2n) is 6.07. The number of carbonyl (C=O) groups excluding carboxylic acids is 1. The quantitative estimate of drug-likeness (QED) is 0.945. The molecular weight excluding hydrogens is 295 g/mol. The van der Waals surface area contributed by atoms with Crippen molar-refractivity contribution >= 4 is 11.6 Å². The number of nitrogens with one attached hydrogen (secondary N) is 1. The fourth-order valence-electron chi connectivity index (χ4n) is 2.88. The molecule has 0 bridgehead atoms. The van der Waals surface area contributed by atoms with Gasteiger partial charge < -0.3 is 4.74 Å². The van der Waals surface area contributed by atoms with E-state index in [4.69, 9.17) is 4.74 Å². The first kappa shape index (κ1) is 15.5. The summed E-state index contributed by atoms with van der Waals surface area (Å²) in [6.07, 6.45) is -0.495. The van der Waals surface area contributed by atoms with Crippen molar-refractivity contribution in [2.24, 2.45) is 0 Å². The fraction of sp³-hybridized carbons (Fsp3) is 0.278. The third-order valence-electron chi connectivity index (χ3n) is 4.03. The summed E-state index contributed by atoms with van der Waals surface area (Å²) in [7, 11) is 1.53. The van der Waals surface area contributed by atoms with Crippen LogP contribution in [-0.2, 0) is 4.79 Å². The third-order valence-corrected chi connectivity index (χ3v) is 4.03. The Bertz CT molecular complexity index is 731. The van der Waals surface area contributed by atoms with Gasteiger partial charge in [0.2, 0.25) is 5.91 Å². The predicted octanol–water partition coefficient (Wildman–Crippen LogP) is 3.25. The number of halogens is 1. The Hall–Kier alpha value is -2.40. The zero-order chi connectivity index (χ0) is 16.6. The standard InChI is InChI=1S/C18H19FN2O2/c1-18(2)17(22)21(13-7-5-4-6-8-13)16(20-18)14-11-12(19)9-10-15(14)23-3/h4-11,16,20H,1-3H3. The first-order valence-corrected chi connectivity index (χ1v) is 7.44. The minimum absolute atomic E-state index is 0.0694. The monoisotopic (exact) mass is 314 g/mol. The number of ether oxygens (including phenoxy) is 1. The van der Waals surface area contributed by atoms with Crippen molar-refractivity contribution in [2.45, 2.75) is 25.6 Å². The van der Waals surface area contributed by atoms with Gasteiger partial charge in [0, 0.05) is 11.3 Å². The first-order chi connectivity index (χ1) is 10.9. The summed E-state index contributed by atoms with van der Waals surface area (Å²) in [5.74, 6) is 0.100. The fourth-order valence-corrected chi connectivity index (χ4v) is 2.88. The number of anilines is 1. The van der Waals surface area contributed by atoms with E-state index in [1.165, 1.54) is 19.2 Å². The summed E-state index contributed by atoms with van der Waals surface area (Å²) in [5.41, 5.74) is 0.597. The van der Waals surface area contributed by atoms with Crippen molar-refractivity contribution in [2.75, 3.05) is 12.0 Å². The van der Waals surface area contributed by atoms with E-state index < -0.39 is 11.7 Å². The summed E-state index contributed by atoms with van der Waals surface area (Å²) < 4.78 is 19.1. The summed E-state index contributed by atoms with van der Waals surface area (Å²) in [6.45, 7) is 3.63. The van der Waals surface area contributed by atoms with Gasteiger partial charge in [0.15, 0.2) is 0 Å². The molecule has 1 saturated heterocycles. The maximum Gasteiger partial charge on any atom is 0.248 e. The molecule has 1 heterocycles. The van der Waals surface area contributed by atoms with Gasteiger partial charge in [-0.15, -0.1) is 0 Å². The van der Waals surface area contributed by atoms with Crippen LogP contribution in [0.3, 0.4) is 0 Å². The molecule has 2 aromatic carbocycles. The van der Waals surface area contributed by atoms with Crippen LogP contribution >= 0.6 is 0 Å². The second-order valence-corrected chi connectivity index (χ2v) is 6.07. The summed E-state index contributed by atoms with van der Waals surface area (Å²) in [5, 5.41) is 3.28. The molecule has 1 unspecified atom stereocenters. The van der Waals surface area contributed by atoms with Gasteiger partial charge in [-0.1, -0.05) is 18.2 Å². The van der Waals surface area contributed by atoms with Gasteiger partial charge in [0.1, 0.15) is 17.7 Å². The van der Waals surface area contributed by atoms with Crippen LogP contribution in [0.5, 0.6) is 5.75 Å². The van der Waals surface area contributed by atoms with Crippen molar-refractivity contribution in [1.82, 2.24) is 5.32 Å². The number of amides is 1. The first-order valence-electron chi connectivity index (χ1n) is 7.44. The van der Waals surface area contributed by atoms with Crippen LogP contribution in [0.4, 0.5) is 10.1 Å². The molecule has 1 N–H and O–H groups in total. The van der Waals surface area contributed by atoms with Gasteiger partial charge >= 0.3 is 0 Å². The number of carbonyl (C=O) groups is 1. The molecule has 1 atom stereocenters. The molecule has 120 valence electrons. The van der Waals surface area contributed by atoms with E-state index in [-0.39, 0.29) is 11.7 Å². The van der Waals surface area contributed by atoms with E-state index in [0.29, 0.717) is 11.3 Å². The van der Waals surface area contributed by atoms with E-state index >= 15 is 0 Å². The number of benzene rings is 2. The number of methoxy groups -OCH3 is 1. The van der Waals surface area contributed by atoms with E-state index in [9.17, 15) is 9.18 Å². The molecule has 2 aromatic rings. The van der Waals surface area contributed by atoms with Crippen molar-refractivity contribution in [3.05, 3.63) is 59.9 Å². The molecular formula is C18H19FN2O2. The molecule has 1 amide bonds. The van der Waals surface area contributed by atoms with Gasteiger partial charge in [-0.25, -0.2) is 4.39 Å². The molecule has 3 rings (SSSR count). The van der Waals surface area contributed by atoms with E-state index in [2.05, 4.69) is 5.32 Å². The molecule has 0 radical (unpaired) electrons. The molecule has 0 spiro atoms. The zero-order valence-electron chi connectivity index (χ0n) is 13.3. The Balaban J connectivity index is 2.13. The van der Waals surface area contributed by atoms with Gasteiger partial charge in [-0.2, -0.15) is 0 Å². The van der Waals surface area contributed by atoms with Crippen LogP contribution in [0, 0.1) is 5.82 Å². The lowest BCUT2D eigenvalue weighted by Gasteiger charge is -2.26. The Morgan fingerprint density at radius 2 is 1.87 bits per heavy atom. The average Bonchev–Trinajstić information content (AvgIpc) is 2.78. The maximum atomic E-state index is 13.8. The number of hydrogen-bond acceptors (Lipinski definition) is 3. The largest absolute Gasteiger partial charge is 0.496 e. The highest BCUT2D eigenvalue weighted by atomic mass is 19.1. The van der Waals surface area contributed by atoms with Gasteiger partial charge in [0.25, 0.3) is 0 Å². The van der Waals surface area contributed by atoms with Crippen LogP contribution in [0.2, 0.25) is 0 Å². The van der Waals surface area contributed by atoms with Gasteiger partial charge in [-0.05, 0) is 44.2 Å². The lowest BCUT2D eigenvalue weighted by atomic mass is 10.1. The van der Waals surface area contributed by atoms with Crippen LogP contribution < -0.4 is 15.0 Å². The summed E-state index contributed by atoms with van der Waals surface area (Å²) in [6, 6.07) is 13.7. The van der Waals surface area contributed by atoms with Crippen LogP contribution in [0.15, 0.2) is 48.5 Å². The Kier molecular flexibility index (Phi) is 3.82. The molecule has 23 heavy (non-hydrogen) atoms. The summed E-state index contributed by atoms with van der Waals surface area (Å²) >= 11 is 0. The highest BCUT2D eigenvalue weighted by molar-refractivity contribution is 6.02. The number of rotatable bonds is 3. The van der Waals surface area contributed by atoms with E-state index in [1.54, 1.807) is 11.0 Å². The highest BCUT2D eigenvalue weighted by Crippen LogP contribution is 2.38. The average molecular weight is 314 g/mol. The SMILES string of the molecule is COc1ccc(F)cc1C1NC(C)(C)C(=O)N1c1ccccc1. The molecule has 1 fully saturated rings. The molecule has 0 saturated carbocycles. The lowest BCUT2D eigenvalue weighted by Crippen LogP contribution is -2.40. The Morgan fingerprint density at radius 3 is 2.52 bits per heavy atom. The molecule has 4 nitrogen and oxygen atoms in total. The molecule has 0 aromatic heterocycles. The topological polar surface area (TPSA) is 41.6 Å². The Morgan fingerprint density at radius 1 is 1.17 bits per heavy atom. The van der Waals surface area contributed by atoms with Crippen molar-refractivity contribution in [3.8, 4) is 5.75 Å². The lowest BCUT2D eigenvalue weighted by molar-refractivity contribution is -0.121. The number of nitrogens with zero attached hydrogens (tertiary/aromatic N) is 1. The van der Waals surface area contributed by atoms with Crippen LogP contribution in [0.1, 0.15) is 25.6 Å². The maximum absolute atomic E-state index is 13.8. The minimum atomic E-state index is -0.752. The Labute approximate surface area is 134 Å². The van der Waals surface area contributed by atoms with E-state index in [0.717, 1.165) is 5.69 Å². The molecule has 5 heteroatoms. The third kappa shape index (κ3) is 2.68.